The van der Waals surface area contributed by atoms with Crippen LogP contribution in [0.25, 0.3) is 0 Å². The summed E-state index contributed by atoms with van der Waals surface area (Å²) in [6.45, 7) is 4.04. The second kappa shape index (κ2) is 13.1. The summed E-state index contributed by atoms with van der Waals surface area (Å²) in [5.41, 5.74) is 1.33. The first-order valence-electron chi connectivity index (χ1n) is 10.2. The van der Waals surface area contributed by atoms with Crippen molar-refractivity contribution in [2.24, 2.45) is 5.92 Å². The van der Waals surface area contributed by atoms with Gasteiger partial charge in [0.25, 0.3) is 6.35 Å². The molecule has 0 saturated carbocycles. The van der Waals surface area contributed by atoms with Gasteiger partial charge in [0.1, 0.15) is 6.04 Å². The minimum absolute atomic E-state index is 0.0722. The Bertz CT molecular complexity index is 844. The fourth-order valence-electron chi connectivity index (χ4n) is 2.94. The molecule has 0 aliphatic rings. The molecule has 0 aliphatic heterocycles. The molecule has 2 rings (SSSR count). The van der Waals surface area contributed by atoms with Crippen molar-refractivity contribution < 1.29 is 28.5 Å². The van der Waals surface area contributed by atoms with Crippen molar-refractivity contribution in [3.8, 4) is 0 Å². The molecule has 0 bridgehead atoms. The fourth-order valence-corrected chi connectivity index (χ4v) is 3.70. The van der Waals surface area contributed by atoms with Gasteiger partial charge >= 0.3 is 14.0 Å². The number of benzene rings is 2. The van der Waals surface area contributed by atoms with Crippen molar-refractivity contribution in [3.63, 3.8) is 0 Å². The van der Waals surface area contributed by atoms with Crippen LogP contribution in [-0.2, 0) is 25.2 Å². The van der Waals surface area contributed by atoms with Crippen molar-refractivity contribution in [1.82, 2.24) is 5.32 Å². The largest absolute Gasteiger partial charge is 0.537 e. The van der Waals surface area contributed by atoms with Crippen LogP contribution in [0.1, 0.15) is 36.2 Å². The van der Waals surface area contributed by atoms with E-state index in [-0.39, 0.29) is 31.2 Å². The number of carbonyl (C=O) groups is 2. The number of Topliss-reactive ketones (excluding diaryl/α,β-unsaturated/α-hetero) is 1. The number of rotatable bonds is 14. The Morgan fingerprint density at radius 1 is 1.03 bits per heavy atom. The molecule has 0 radical (unpaired) electrons. The second-order valence-electron chi connectivity index (χ2n) is 7.55. The minimum atomic E-state index is -2.28. The maximum Gasteiger partial charge on any atom is 0.537 e. The molecule has 8 heteroatoms. The van der Waals surface area contributed by atoms with E-state index >= 15 is 0 Å². The molecule has 0 amide bonds. The smallest absolute Gasteiger partial charge is 0.480 e. The van der Waals surface area contributed by atoms with Gasteiger partial charge < -0.3 is 15.2 Å². The molecule has 0 aromatic heterocycles. The highest BCUT2D eigenvalue weighted by molar-refractivity contribution is 7.38. The molecule has 0 aliphatic carbocycles. The lowest BCUT2D eigenvalue weighted by atomic mass is 10.0. The van der Waals surface area contributed by atoms with Crippen molar-refractivity contribution in [3.05, 3.63) is 71.8 Å². The molecular formula is C23H29NO6P+. The van der Waals surface area contributed by atoms with Crippen molar-refractivity contribution >= 4 is 19.8 Å². The van der Waals surface area contributed by atoms with Gasteiger partial charge in [0, 0.05) is 12.1 Å². The van der Waals surface area contributed by atoms with Crippen LogP contribution in [0, 0.1) is 5.92 Å². The van der Waals surface area contributed by atoms with E-state index in [9.17, 15) is 19.3 Å². The van der Waals surface area contributed by atoms with Crippen LogP contribution in [0.5, 0.6) is 0 Å². The average Bonchev–Trinajstić information content (AvgIpc) is 2.76. The number of aliphatic carboxylic acids is 1. The zero-order chi connectivity index (χ0) is 22.6. The van der Waals surface area contributed by atoms with E-state index in [0.717, 1.165) is 5.56 Å². The molecule has 2 N–H and O–H groups in total. The first kappa shape index (κ1) is 24.8. The van der Waals surface area contributed by atoms with Crippen molar-refractivity contribution in [2.75, 3.05) is 12.9 Å². The Labute approximate surface area is 183 Å². The van der Waals surface area contributed by atoms with Gasteiger partial charge in [-0.05, 0) is 22.5 Å². The monoisotopic (exact) mass is 446 g/mol. The number of hydrogen-bond acceptors (Lipinski definition) is 6. The normalized spacial score (nSPS) is 13.6. The minimum Gasteiger partial charge on any atom is -0.480 e. The van der Waals surface area contributed by atoms with Crippen molar-refractivity contribution in [1.29, 1.82) is 0 Å². The van der Waals surface area contributed by atoms with E-state index < -0.39 is 26.1 Å². The third-order valence-corrected chi connectivity index (χ3v) is 5.34. The molecule has 2 aromatic rings. The predicted octanol–water partition coefficient (Wildman–Crippen LogP) is 4.26. The Kier molecular flexibility index (Phi) is 10.5. The van der Waals surface area contributed by atoms with Crippen LogP contribution >= 0.6 is 8.03 Å². The molecule has 2 aromatic carbocycles. The fraction of sp³-hybridized carbons (Fsp3) is 0.391. The first-order valence-corrected chi connectivity index (χ1v) is 11.5. The zero-order valence-electron chi connectivity index (χ0n) is 17.8. The quantitative estimate of drug-likeness (QED) is 0.330. The molecule has 3 atom stereocenters. The summed E-state index contributed by atoms with van der Waals surface area (Å²) in [6, 6.07) is 17.1. The Morgan fingerprint density at radius 2 is 1.65 bits per heavy atom. The highest BCUT2D eigenvalue weighted by Gasteiger charge is 2.33. The van der Waals surface area contributed by atoms with Crippen LogP contribution in [0.15, 0.2) is 60.7 Å². The Morgan fingerprint density at radius 3 is 2.23 bits per heavy atom. The van der Waals surface area contributed by atoms with Gasteiger partial charge in [-0.15, -0.1) is 4.52 Å². The van der Waals surface area contributed by atoms with Gasteiger partial charge in [-0.2, -0.15) is 0 Å². The molecular weight excluding hydrogens is 417 g/mol. The Hall–Kier alpha value is -2.44. The average molecular weight is 446 g/mol. The summed E-state index contributed by atoms with van der Waals surface area (Å²) >= 11 is 0. The van der Waals surface area contributed by atoms with Gasteiger partial charge in [0.2, 0.25) is 0 Å². The number of ether oxygens (including phenoxy) is 1. The molecule has 0 saturated heterocycles. The first-order chi connectivity index (χ1) is 14.9. The van der Waals surface area contributed by atoms with E-state index in [0.29, 0.717) is 12.0 Å². The lowest BCUT2D eigenvalue weighted by molar-refractivity contribution is -0.140. The van der Waals surface area contributed by atoms with E-state index in [1.165, 1.54) is 0 Å². The molecule has 0 fully saturated rings. The second-order valence-corrected chi connectivity index (χ2v) is 8.68. The van der Waals surface area contributed by atoms with Crippen LogP contribution < -0.4 is 5.32 Å². The molecule has 0 heterocycles. The molecule has 1 unspecified atom stereocenters. The molecule has 166 valence electrons. The van der Waals surface area contributed by atoms with Crippen LogP contribution in [0.3, 0.4) is 0 Å². The van der Waals surface area contributed by atoms with E-state index in [1.54, 1.807) is 30.3 Å². The van der Waals surface area contributed by atoms with Gasteiger partial charge in [-0.1, -0.05) is 74.5 Å². The van der Waals surface area contributed by atoms with E-state index in [1.807, 2.05) is 44.2 Å². The van der Waals surface area contributed by atoms with Crippen LogP contribution in [-0.4, -0.2) is 41.9 Å². The van der Waals surface area contributed by atoms with E-state index in [4.69, 9.17) is 9.26 Å². The number of hydrogen-bond donors (Lipinski definition) is 2. The summed E-state index contributed by atoms with van der Waals surface area (Å²) < 4.78 is 23.4. The summed E-state index contributed by atoms with van der Waals surface area (Å²) in [6.07, 6.45) is -0.870. The van der Waals surface area contributed by atoms with Crippen LogP contribution in [0.4, 0.5) is 0 Å². The molecule has 31 heavy (non-hydrogen) atoms. The van der Waals surface area contributed by atoms with Gasteiger partial charge in [0.15, 0.2) is 11.9 Å². The third kappa shape index (κ3) is 9.07. The highest BCUT2D eigenvalue weighted by Crippen LogP contribution is 2.26. The van der Waals surface area contributed by atoms with Gasteiger partial charge in [0.05, 0.1) is 6.61 Å². The van der Waals surface area contributed by atoms with Gasteiger partial charge in [-0.25, -0.2) is 0 Å². The maximum atomic E-state index is 12.9. The molecule has 0 spiro atoms. The standard InChI is InChI=1S/C23H28NO6P/c1-17(2)13-20(23(26)27)24-14-21(22(25)19-11-7-4-8-12-19)30-31(28)16-29-15-18-9-5-3-6-10-18/h3-12,17,20-21,24H,13-16H2,1-2H3/p+1/t20-,21-/m0/s1. The lowest BCUT2D eigenvalue weighted by Gasteiger charge is -2.18. The number of carboxylic acid groups (broad SMARTS) is 1. The third-order valence-electron chi connectivity index (χ3n) is 4.46. The number of ketones is 1. The zero-order valence-corrected chi connectivity index (χ0v) is 18.7. The van der Waals surface area contributed by atoms with E-state index in [2.05, 4.69) is 5.32 Å². The number of carbonyl (C=O) groups excluding carboxylic acids is 1. The number of carboxylic acids is 1. The summed E-state index contributed by atoms with van der Waals surface area (Å²) in [5.74, 6) is -1.22. The topological polar surface area (TPSA) is 102 Å². The lowest BCUT2D eigenvalue weighted by Crippen LogP contribution is -2.44. The van der Waals surface area contributed by atoms with Crippen LogP contribution in [0.2, 0.25) is 0 Å². The highest BCUT2D eigenvalue weighted by atomic mass is 31.1. The maximum absolute atomic E-state index is 12.9. The molecule has 7 nitrogen and oxygen atoms in total. The summed E-state index contributed by atoms with van der Waals surface area (Å²) in [5, 5.41) is 12.3. The Balaban J connectivity index is 2.00. The SMILES string of the molecule is CC(C)C[C@H](NC[C@H](O[P+](=O)COCc1ccccc1)C(=O)c1ccccc1)C(=O)O. The summed E-state index contributed by atoms with van der Waals surface area (Å²) in [4.78, 5) is 24.4. The van der Waals surface area contributed by atoms with Crippen molar-refractivity contribution in [2.45, 2.75) is 39.0 Å². The van der Waals surface area contributed by atoms with Gasteiger partial charge in [-0.3, -0.25) is 9.59 Å². The summed E-state index contributed by atoms with van der Waals surface area (Å²) in [7, 11) is -2.28. The predicted molar refractivity (Wildman–Crippen MR) is 118 cm³/mol. The number of nitrogens with one attached hydrogen (secondary N) is 1.